The molecule has 1 fully saturated rings. The molecule has 5 nitrogen and oxygen atoms in total. The zero-order valence-corrected chi connectivity index (χ0v) is 15.7. The van der Waals surface area contributed by atoms with Gasteiger partial charge in [0.25, 0.3) is 0 Å². The van der Waals surface area contributed by atoms with Crippen LogP contribution in [0.25, 0.3) is 0 Å². The Hall–Kier alpha value is -1.11. The van der Waals surface area contributed by atoms with Gasteiger partial charge in [-0.15, -0.1) is 12.4 Å². The predicted octanol–water partition coefficient (Wildman–Crippen LogP) is 1.69. The van der Waals surface area contributed by atoms with Crippen LogP contribution in [0.1, 0.15) is 42.0 Å². The SMILES string of the molecule is Cc1ccc2c(c1)CCC2NC(=O)C1(S(C)(=O)=O)CCNCC1.Cl. The molecule has 1 unspecified atom stereocenters. The Kier molecular flexibility index (Phi) is 5.62. The number of fused-ring (bicyclic) bond motifs is 1. The van der Waals surface area contributed by atoms with Gasteiger partial charge >= 0.3 is 0 Å². The van der Waals surface area contributed by atoms with E-state index < -0.39 is 14.6 Å². The number of hydrogen-bond acceptors (Lipinski definition) is 4. The van der Waals surface area contributed by atoms with Crippen LogP contribution >= 0.6 is 12.4 Å². The predicted molar refractivity (Wildman–Crippen MR) is 97.3 cm³/mol. The zero-order valence-electron chi connectivity index (χ0n) is 14.1. The Balaban J connectivity index is 0.00000208. The van der Waals surface area contributed by atoms with Crippen LogP contribution in [0.5, 0.6) is 0 Å². The molecule has 0 radical (unpaired) electrons. The third kappa shape index (κ3) is 3.32. The number of rotatable bonds is 3. The lowest BCUT2D eigenvalue weighted by Gasteiger charge is -2.35. The van der Waals surface area contributed by atoms with Crippen LogP contribution in [0.2, 0.25) is 0 Å². The quantitative estimate of drug-likeness (QED) is 0.846. The van der Waals surface area contributed by atoms with Gasteiger partial charge in [0.2, 0.25) is 5.91 Å². The van der Waals surface area contributed by atoms with Crippen molar-refractivity contribution < 1.29 is 13.2 Å². The summed E-state index contributed by atoms with van der Waals surface area (Å²) in [6.07, 6.45) is 3.62. The summed E-state index contributed by atoms with van der Waals surface area (Å²) in [7, 11) is -3.46. The van der Waals surface area contributed by atoms with E-state index in [-0.39, 0.29) is 24.4 Å². The minimum Gasteiger partial charge on any atom is -0.348 e. The minimum absolute atomic E-state index is 0. The van der Waals surface area contributed by atoms with Crippen LogP contribution in [-0.4, -0.2) is 38.4 Å². The summed E-state index contributed by atoms with van der Waals surface area (Å²) in [6.45, 7) is 3.17. The summed E-state index contributed by atoms with van der Waals surface area (Å²) in [5.74, 6) is -0.333. The monoisotopic (exact) mass is 372 g/mol. The van der Waals surface area contributed by atoms with Gasteiger partial charge in [-0.2, -0.15) is 0 Å². The molecule has 24 heavy (non-hydrogen) atoms. The summed E-state index contributed by atoms with van der Waals surface area (Å²) < 4.78 is 23.4. The van der Waals surface area contributed by atoms with E-state index in [1.54, 1.807) is 0 Å². The van der Waals surface area contributed by atoms with Crippen LogP contribution in [0.4, 0.5) is 0 Å². The lowest BCUT2D eigenvalue weighted by Crippen LogP contribution is -2.57. The van der Waals surface area contributed by atoms with E-state index in [0.29, 0.717) is 25.9 Å². The first-order chi connectivity index (χ1) is 10.8. The normalized spacial score (nSPS) is 22.3. The van der Waals surface area contributed by atoms with E-state index >= 15 is 0 Å². The van der Waals surface area contributed by atoms with Crippen molar-refractivity contribution in [1.82, 2.24) is 10.6 Å². The molecule has 7 heteroatoms. The standard InChI is InChI=1S/C17H24N2O3S.ClH/c1-12-3-5-14-13(11-12)4-6-15(14)19-16(20)17(23(2,21)22)7-9-18-10-8-17;/h3,5,11,15,18H,4,6-10H2,1-2H3,(H,19,20);1H. The summed E-state index contributed by atoms with van der Waals surface area (Å²) in [5, 5.41) is 6.16. The van der Waals surface area contributed by atoms with E-state index in [4.69, 9.17) is 0 Å². The Morgan fingerprint density at radius 2 is 1.96 bits per heavy atom. The van der Waals surface area contributed by atoms with Crippen LogP contribution < -0.4 is 10.6 Å². The highest BCUT2D eigenvalue weighted by molar-refractivity contribution is 7.92. The molecular weight excluding hydrogens is 348 g/mol. The molecule has 1 atom stereocenters. The first kappa shape index (κ1) is 19.2. The van der Waals surface area contributed by atoms with E-state index in [0.717, 1.165) is 18.4 Å². The second kappa shape index (κ2) is 7.02. The topological polar surface area (TPSA) is 75.3 Å². The van der Waals surface area contributed by atoms with Crippen LogP contribution in [0, 0.1) is 6.92 Å². The summed E-state index contributed by atoms with van der Waals surface area (Å²) in [6, 6.07) is 6.17. The zero-order chi connectivity index (χ0) is 16.7. The lowest BCUT2D eigenvalue weighted by molar-refractivity contribution is -0.125. The lowest BCUT2D eigenvalue weighted by atomic mass is 9.95. The molecule has 1 aromatic carbocycles. The Labute approximate surface area is 149 Å². The van der Waals surface area contributed by atoms with Gasteiger partial charge in [0.15, 0.2) is 14.6 Å². The molecule has 134 valence electrons. The molecule has 1 aliphatic heterocycles. The number of amides is 1. The van der Waals surface area contributed by atoms with Crippen molar-refractivity contribution in [2.45, 2.75) is 43.4 Å². The first-order valence-electron chi connectivity index (χ1n) is 8.14. The summed E-state index contributed by atoms with van der Waals surface area (Å²) in [4.78, 5) is 12.9. The number of hydrogen-bond donors (Lipinski definition) is 2. The average molecular weight is 373 g/mol. The van der Waals surface area contributed by atoms with Crippen molar-refractivity contribution in [2.24, 2.45) is 0 Å². The van der Waals surface area contributed by atoms with Gasteiger partial charge in [0.05, 0.1) is 6.04 Å². The third-order valence-corrected chi connectivity index (χ3v) is 7.23. The summed E-state index contributed by atoms with van der Waals surface area (Å²) >= 11 is 0. The van der Waals surface area contributed by atoms with Crippen LogP contribution in [-0.2, 0) is 21.1 Å². The number of aryl methyl sites for hydroxylation is 2. The number of nitrogens with one attached hydrogen (secondary N) is 2. The minimum atomic E-state index is -3.46. The van der Waals surface area contributed by atoms with Crippen molar-refractivity contribution in [2.75, 3.05) is 19.3 Å². The van der Waals surface area contributed by atoms with Gasteiger partial charge in [-0.1, -0.05) is 23.8 Å². The molecule has 3 rings (SSSR count). The van der Waals surface area contributed by atoms with Crippen molar-refractivity contribution in [3.63, 3.8) is 0 Å². The number of sulfone groups is 1. The highest BCUT2D eigenvalue weighted by Crippen LogP contribution is 2.34. The molecule has 1 amide bonds. The Bertz CT molecular complexity index is 727. The largest absolute Gasteiger partial charge is 0.348 e. The van der Waals surface area contributed by atoms with Gasteiger partial charge in [-0.05, 0) is 56.8 Å². The summed E-state index contributed by atoms with van der Waals surface area (Å²) in [5.41, 5.74) is 3.59. The third-order valence-electron chi connectivity index (χ3n) is 5.22. The fourth-order valence-electron chi connectivity index (χ4n) is 3.78. The van der Waals surface area contributed by atoms with Crippen LogP contribution in [0.15, 0.2) is 18.2 Å². The van der Waals surface area contributed by atoms with Crippen LogP contribution in [0.3, 0.4) is 0 Å². The molecule has 1 saturated heterocycles. The van der Waals surface area contributed by atoms with Gasteiger partial charge in [0.1, 0.15) is 0 Å². The van der Waals surface area contributed by atoms with Gasteiger partial charge in [0, 0.05) is 6.26 Å². The molecule has 2 aliphatic rings. The highest BCUT2D eigenvalue weighted by Gasteiger charge is 2.49. The molecule has 1 aromatic rings. The van der Waals surface area contributed by atoms with E-state index in [1.165, 1.54) is 17.4 Å². The van der Waals surface area contributed by atoms with Crippen molar-refractivity contribution >= 4 is 28.2 Å². The van der Waals surface area contributed by atoms with Gasteiger partial charge < -0.3 is 10.6 Å². The maximum Gasteiger partial charge on any atom is 0.242 e. The fraction of sp³-hybridized carbons (Fsp3) is 0.588. The fourth-order valence-corrected chi connectivity index (χ4v) is 5.12. The second-order valence-electron chi connectivity index (χ2n) is 6.78. The van der Waals surface area contributed by atoms with Crippen molar-refractivity contribution in [3.8, 4) is 0 Å². The van der Waals surface area contributed by atoms with Crippen molar-refractivity contribution in [1.29, 1.82) is 0 Å². The maximum atomic E-state index is 12.9. The smallest absolute Gasteiger partial charge is 0.242 e. The molecule has 1 aliphatic carbocycles. The maximum absolute atomic E-state index is 12.9. The second-order valence-corrected chi connectivity index (χ2v) is 9.11. The number of carbonyl (C=O) groups excluding carboxylic acids is 1. The number of benzene rings is 1. The average Bonchev–Trinajstić information content (AvgIpc) is 2.89. The van der Waals surface area contributed by atoms with Crippen molar-refractivity contribution in [3.05, 3.63) is 34.9 Å². The molecule has 0 spiro atoms. The number of halogens is 1. The van der Waals surface area contributed by atoms with E-state index in [9.17, 15) is 13.2 Å². The Morgan fingerprint density at radius 1 is 1.29 bits per heavy atom. The van der Waals surface area contributed by atoms with Gasteiger partial charge in [-0.25, -0.2) is 8.42 Å². The molecule has 0 aromatic heterocycles. The molecular formula is C17H25ClN2O3S. The number of piperidine rings is 1. The van der Waals surface area contributed by atoms with E-state index in [2.05, 4.69) is 29.7 Å². The van der Waals surface area contributed by atoms with Gasteiger partial charge in [-0.3, -0.25) is 4.79 Å². The number of carbonyl (C=O) groups is 1. The first-order valence-corrected chi connectivity index (χ1v) is 10.0. The molecule has 0 bridgehead atoms. The molecule has 0 saturated carbocycles. The highest BCUT2D eigenvalue weighted by atomic mass is 35.5. The molecule has 1 heterocycles. The van der Waals surface area contributed by atoms with E-state index in [1.807, 2.05) is 6.07 Å². The molecule has 2 N–H and O–H groups in total. The Morgan fingerprint density at radius 3 is 2.58 bits per heavy atom.